The van der Waals surface area contributed by atoms with Crippen LogP contribution in [0.15, 0.2) is 37.4 Å². The van der Waals surface area contributed by atoms with Gasteiger partial charge in [0.05, 0.1) is 5.69 Å². The molecule has 0 aliphatic rings. The Morgan fingerprint density at radius 3 is 2.56 bits per heavy atom. The smallest absolute Gasteiger partial charge is 0.0702 e. The summed E-state index contributed by atoms with van der Waals surface area (Å²) in [5.74, 6) is 0. The van der Waals surface area contributed by atoms with Gasteiger partial charge in [-0.15, -0.1) is 0 Å². The second kappa shape index (κ2) is 5.45. The lowest BCUT2D eigenvalue weighted by atomic mass is 10.0. The minimum atomic E-state index is 0.958. The van der Waals surface area contributed by atoms with E-state index in [4.69, 9.17) is 0 Å². The molecule has 0 radical (unpaired) electrons. The summed E-state index contributed by atoms with van der Waals surface area (Å²) in [6, 6.07) is 4.12. The van der Waals surface area contributed by atoms with Crippen molar-refractivity contribution < 1.29 is 0 Å². The minimum Gasteiger partial charge on any atom is -0.253 e. The van der Waals surface area contributed by atoms with E-state index < -0.39 is 0 Å². The molecule has 1 heterocycles. The molecule has 0 aliphatic carbocycles. The standard InChI is InChI=1S/C15H19N/c1-6-11(4)14-9-10-15(16-12(14)5)13(7-2)8-3/h7-10H,2,4,6H2,1,3,5H3/b13-8+. The molecule has 1 heteroatoms. The highest BCUT2D eigenvalue weighted by Crippen LogP contribution is 2.21. The lowest BCUT2D eigenvalue weighted by molar-refractivity contribution is 1.13. The monoisotopic (exact) mass is 213 g/mol. The van der Waals surface area contributed by atoms with E-state index in [0.29, 0.717) is 0 Å². The largest absolute Gasteiger partial charge is 0.253 e. The van der Waals surface area contributed by atoms with Gasteiger partial charge in [-0.2, -0.15) is 0 Å². The Labute approximate surface area is 98.2 Å². The fraction of sp³-hybridized carbons (Fsp3) is 0.267. The number of hydrogen-bond donors (Lipinski definition) is 0. The Kier molecular flexibility index (Phi) is 4.24. The first-order chi connectivity index (χ1) is 7.63. The summed E-state index contributed by atoms with van der Waals surface area (Å²) < 4.78 is 0. The molecule has 0 aromatic carbocycles. The molecule has 0 bridgehead atoms. The first-order valence-electron chi connectivity index (χ1n) is 5.59. The first-order valence-corrected chi connectivity index (χ1v) is 5.59. The van der Waals surface area contributed by atoms with Gasteiger partial charge < -0.3 is 0 Å². The van der Waals surface area contributed by atoms with Gasteiger partial charge in [0.1, 0.15) is 0 Å². The maximum absolute atomic E-state index is 4.58. The molecule has 1 aromatic heterocycles. The summed E-state index contributed by atoms with van der Waals surface area (Å²) in [4.78, 5) is 4.58. The van der Waals surface area contributed by atoms with Crippen LogP contribution in [0.1, 0.15) is 37.2 Å². The van der Waals surface area contributed by atoms with E-state index in [-0.39, 0.29) is 0 Å². The Bertz CT molecular complexity index is 439. The van der Waals surface area contributed by atoms with Gasteiger partial charge in [-0.05, 0) is 43.0 Å². The topological polar surface area (TPSA) is 12.9 Å². The predicted molar refractivity (Wildman–Crippen MR) is 72.1 cm³/mol. The fourth-order valence-electron chi connectivity index (χ4n) is 1.66. The highest BCUT2D eigenvalue weighted by atomic mass is 14.7. The lowest BCUT2D eigenvalue weighted by Gasteiger charge is -2.09. The zero-order valence-electron chi connectivity index (χ0n) is 10.4. The van der Waals surface area contributed by atoms with Crippen LogP contribution in [0.25, 0.3) is 11.1 Å². The Morgan fingerprint density at radius 2 is 2.12 bits per heavy atom. The molecule has 0 spiro atoms. The van der Waals surface area contributed by atoms with Crippen LogP contribution in [0.3, 0.4) is 0 Å². The number of pyridine rings is 1. The van der Waals surface area contributed by atoms with Crippen molar-refractivity contribution in [3.05, 3.63) is 54.4 Å². The molecule has 1 nitrogen and oxygen atoms in total. The van der Waals surface area contributed by atoms with Gasteiger partial charge >= 0.3 is 0 Å². The highest BCUT2D eigenvalue weighted by Gasteiger charge is 2.05. The van der Waals surface area contributed by atoms with Crippen molar-refractivity contribution in [3.63, 3.8) is 0 Å². The van der Waals surface area contributed by atoms with Crippen LogP contribution in [-0.4, -0.2) is 4.98 Å². The molecule has 0 amide bonds. The molecule has 1 aromatic rings. The summed E-state index contributed by atoms with van der Waals surface area (Å²) in [6.45, 7) is 14.0. The van der Waals surface area contributed by atoms with Crippen LogP contribution in [0, 0.1) is 6.92 Å². The summed E-state index contributed by atoms with van der Waals surface area (Å²) in [5.41, 5.74) is 5.37. The van der Waals surface area contributed by atoms with Crippen molar-refractivity contribution >= 4 is 11.1 Å². The average Bonchev–Trinajstić information content (AvgIpc) is 2.30. The number of aromatic nitrogens is 1. The maximum Gasteiger partial charge on any atom is 0.0702 e. The van der Waals surface area contributed by atoms with Gasteiger partial charge in [0, 0.05) is 5.69 Å². The van der Waals surface area contributed by atoms with Gasteiger partial charge in [-0.1, -0.05) is 38.3 Å². The molecular formula is C15H19N. The van der Waals surface area contributed by atoms with Crippen LogP contribution >= 0.6 is 0 Å². The van der Waals surface area contributed by atoms with Crippen LogP contribution in [0.2, 0.25) is 0 Å². The van der Waals surface area contributed by atoms with E-state index in [9.17, 15) is 0 Å². The second-order valence-corrected chi connectivity index (χ2v) is 3.73. The summed E-state index contributed by atoms with van der Waals surface area (Å²) >= 11 is 0. The summed E-state index contributed by atoms with van der Waals surface area (Å²) in [6.07, 6.45) is 4.80. The summed E-state index contributed by atoms with van der Waals surface area (Å²) in [7, 11) is 0. The van der Waals surface area contributed by atoms with Crippen LogP contribution in [-0.2, 0) is 0 Å². The molecule has 1 rings (SSSR count). The van der Waals surface area contributed by atoms with E-state index in [1.54, 1.807) is 0 Å². The Hall–Kier alpha value is -1.63. The number of rotatable bonds is 4. The van der Waals surface area contributed by atoms with Crippen molar-refractivity contribution in [2.24, 2.45) is 0 Å². The van der Waals surface area contributed by atoms with Crippen LogP contribution < -0.4 is 0 Å². The molecule has 0 aliphatic heterocycles. The van der Waals surface area contributed by atoms with Crippen molar-refractivity contribution in [2.45, 2.75) is 27.2 Å². The SMILES string of the molecule is C=C/C(=C\C)c1ccc(C(=C)CC)c(C)n1. The van der Waals surface area contributed by atoms with Gasteiger partial charge in [-0.3, -0.25) is 4.98 Å². The van der Waals surface area contributed by atoms with Crippen molar-refractivity contribution in [1.29, 1.82) is 0 Å². The molecule has 0 fully saturated rings. The molecule has 16 heavy (non-hydrogen) atoms. The lowest BCUT2D eigenvalue weighted by Crippen LogP contribution is -1.95. The van der Waals surface area contributed by atoms with E-state index in [1.165, 1.54) is 0 Å². The maximum atomic E-state index is 4.58. The molecule has 0 atom stereocenters. The normalized spacial score (nSPS) is 11.3. The molecule has 0 saturated carbocycles. The van der Waals surface area contributed by atoms with Gasteiger partial charge in [-0.25, -0.2) is 0 Å². The quantitative estimate of drug-likeness (QED) is 0.675. The zero-order valence-corrected chi connectivity index (χ0v) is 10.4. The van der Waals surface area contributed by atoms with Crippen LogP contribution in [0.5, 0.6) is 0 Å². The Balaban J connectivity index is 3.18. The zero-order chi connectivity index (χ0) is 12.1. The van der Waals surface area contributed by atoms with Crippen molar-refractivity contribution in [2.75, 3.05) is 0 Å². The van der Waals surface area contributed by atoms with Gasteiger partial charge in [0.25, 0.3) is 0 Å². The average molecular weight is 213 g/mol. The van der Waals surface area contributed by atoms with Crippen LogP contribution in [0.4, 0.5) is 0 Å². The van der Waals surface area contributed by atoms with E-state index in [0.717, 1.165) is 34.5 Å². The third kappa shape index (κ3) is 2.48. The Morgan fingerprint density at radius 1 is 1.44 bits per heavy atom. The third-order valence-corrected chi connectivity index (χ3v) is 2.72. The molecule has 0 unspecified atom stereocenters. The van der Waals surface area contributed by atoms with Gasteiger partial charge in [0.2, 0.25) is 0 Å². The third-order valence-electron chi connectivity index (χ3n) is 2.72. The highest BCUT2D eigenvalue weighted by molar-refractivity contribution is 5.73. The predicted octanol–water partition coefficient (Wildman–Crippen LogP) is 4.40. The first kappa shape index (κ1) is 12.4. The van der Waals surface area contributed by atoms with Gasteiger partial charge in [0.15, 0.2) is 0 Å². The second-order valence-electron chi connectivity index (χ2n) is 3.73. The molecular weight excluding hydrogens is 194 g/mol. The van der Waals surface area contributed by atoms with E-state index >= 15 is 0 Å². The fourth-order valence-corrected chi connectivity index (χ4v) is 1.66. The molecule has 0 N–H and O–H groups in total. The number of aryl methyl sites for hydroxylation is 1. The van der Waals surface area contributed by atoms with Crippen molar-refractivity contribution in [3.8, 4) is 0 Å². The minimum absolute atomic E-state index is 0.958. The number of allylic oxidation sites excluding steroid dienone is 4. The van der Waals surface area contributed by atoms with E-state index in [1.807, 2.05) is 32.1 Å². The van der Waals surface area contributed by atoms with Crippen molar-refractivity contribution in [1.82, 2.24) is 4.98 Å². The number of hydrogen-bond acceptors (Lipinski definition) is 1. The summed E-state index contributed by atoms with van der Waals surface area (Å²) in [5, 5.41) is 0. The molecule has 0 saturated heterocycles. The van der Waals surface area contributed by atoms with E-state index in [2.05, 4.69) is 31.1 Å². The molecule has 84 valence electrons. The number of nitrogens with zero attached hydrogens (tertiary/aromatic N) is 1.